The van der Waals surface area contributed by atoms with Crippen LogP contribution in [0.25, 0.3) is 87.6 Å². The molecule has 0 bridgehead atoms. The Morgan fingerprint density at radius 3 is 1.58 bits per heavy atom. The second-order valence-electron chi connectivity index (χ2n) is 20.3. The molecule has 0 radical (unpaired) electrons. The SMILES string of the molecule is CC1(C)c2ccccc2-c2ccc(-c3c4ccccc4c(C4CCC5c6ccccc6C(C)(C)C5C4)c4ccc(-c5c6ccccc6c(-c6ccccc6)c6ccccc56)cc34)cc21. The molecule has 3 atom stereocenters. The van der Waals surface area contributed by atoms with Gasteiger partial charge < -0.3 is 0 Å². The molecule has 10 aromatic carbocycles. The lowest BCUT2D eigenvalue weighted by Gasteiger charge is -2.40. The van der Waals surface area contributed by atoms with Crippen LogP contribution in [0, 0.1) is 5.92 Å². The zero-order valence-corrected chi connectivity index (χ0v) is 37.3. The zero-order chi connectivity index (χ0) is 42.9. The van der Waals surface area contributed by atoms with Gasteiger partial charge in [-0.05, 0) is 170 Å². The summed E-state index contributed by atoms with van der Waals surface area (Å²) in [5.41, 5.74) is 18.1. The number of rotatable bonds is 4. The standard InChI is InChI=1S/C64H52/c1-63(2)55-28-16-14-20-43(55)45-33-30-41(37-57(45)63)61-51-26-12-13-27-52(51)62(42-31-34-46-44-21-15-17-29-56(44)64(3,4)58(46)38-42)54-36-40(32-35-53(54)61)60-49-24-10-8-22-47(49)59(39-18-6-5-7-19-39)48-23-9-11-25-50(48)60/h5-29,31-32,34-36,38,41,45,57H,30,33,37H2,1-4H3. The van der Waals surface area contributed by atoms with E-state index < -0.39 is 0 Å². The zero-order valence-electron chi connectivity index (χ0n) is 37.3. The Morgan fingerprint density at radius 1 is 0.375 bits per heavy atom. The highest BCUT2D eigenvalue weighted by atomic mass is 14.5. The van der Waals surface area contributed by atoms with E-state index >= 15 is 0 Å². The van der Waals surface area contributed by atoms with Gasteiger partial charge in [-0.1, -0.05) is 204 Å². The van der Waals surface area contributed by atoms with E-state index in [-0.39, 0.29) is 10.8 Å². The van der Waals surface area contributed by atoms with Gasteiger partial charge in [0.15, 0.2) is 0 Å². The third kappa shape index (κ3) is 5.29. The van der Waals surface area contributed by atoms with Gasteiger partial charge in [0.1, 0.15) is 0 Å². The van der Waals surface area contributed by atoms with Crippen molar-refractivity contribution in [2.45, 2.75) is 69.6 Å². The topological polar surface area (TPSA) is 0 Å². The summed E-state index contributed by atoms with van der Waals surface area (Å²) in [6, 6.07) is 72.0. The summed E-state index contributed by atoms with van der Waals surface area (Å²) in [4.78, 5) is 0. The van der Waals surface area contributed by atoms with Crippen LogP contribution in [-0.2, 0) is 10.8 Å². The molecule has 13 rings (SSSR count). The predicted octanol–water partition coefficient (Wildman–Crippen LogP) is 17.6. The maximum Gasteiger partial charge on any atom is 0.0159 e. The summed E-state index contributed by atoms with van der Waals surface area (Å²) in [5, 5.41) is 10.7. The number of fused-ring (bicyclic) bond motifs is 10. The minimum atomic E-state index is -0.0960. The van der Waals surface area contributed by atoms with Gasteiger partial charge in [-0.15, -0.1) is 0 Å². The van der Waals surface area contributed by atoms with E-state index in [2.05, 4.69) is 216 Å². The van der Waals surface area contributed by atoms with Crippen molar-refractivity contribution in [2.24, 2.45) is 5.92 Å². The highest BCUT2D eigenvalue weighted by Crippen LogP contribution is 2.60. The molecular formula is C64H52. The molecule has 0 N–H and O–H groups in total. The molecule has 3 aliphatic rings. The Balaban J connectivity index is 1.09. The smallest absolute Gasteiger partial charge is 0.0159 e. The van der Waals surface area contributed by atoms with Crippen molar-refractivity contribution in [1.29, 1.82) is 0 Å². The molecule has 0 aliphatic heterocycles. The maximum atomic E-state index is 2.59. The first kappa shape index (κ1) is 37.8. The van der Waals surface area contributed by atoms with Crippen LogP contribution in [0.5, 0.6) is 0 Å². The summed E-state index contributed by atoms with van der Waals surface area (Å²) in [5.74, 6) is 1.70. The number of hydrogen-bond donors (Lipinski definition) is 0. The van der Waals surface area contributed by atoms with E-state index in [1.54, 1.807) is 16.7 Å². The predicted molar refractivity (Wildman–Crippen MR) is 273 cm³/mol. The van der Waals surface area contributed by atoms with Crippen molar-refractivity contribution in [3.63, 3.8) is 0 Å². The van der Waals surface area contributed by atoms with E-state index in [0.29, 0.717) is 17.8 Å². The molecule has 1 fully saturated rings. The molecule has 64 heavy (non-hydrogen) atoms. The molecule has 3 unspecified atom stereocenters. The van der Waals surface area contributed by atoms with Crippen LogP contribution in [0.3, 0.4) is 0 Å². The molecule has 10 aromatic rings. The Kier molecular flexibility index (Phi) is 8.18. The average molecular weight is 821 g/mol. The molecule has 1 saturated carbocycles. The molecule has 0 amide bonds. The minimum Gasteiger partial charge on any atom is -0.0622 e. The molecule has 0 spiro atoms. The minimum absolute atomic E-state index is 0.0960. The summed E-state index contributed by atoms with van der Waals surface area (Å²) < 4.78 is 0. The van der Waals surface area contributed by atoms with Gasteiger partial charge in [0.2, 0.25) is 0 Å². The number of hydrogen-bond acceptors (Lipinski definition) is 0. The van der Waals surface area contributed by atoms with Gasteiger partial charge in [0, 0.05) is 5.41 Å². The lowest BCUT2D eigenvalue weighted by atomic mass is 9.64. The second-order valence-corrected chi connectivity index (χ2v) is 20.3. The first-order valence-corrected chi connectivity index (χ1v) is 23.6. The molecule has 0 nitrogen and oxygen atoms in total. The van der Waals surface area contributed by atoms with Crippen LogP contribution >= 0.6 is 0 Å². The van der Waals surface area contributed by atoms with Crippen molar-refractivity contribution in [3.05, 3.63) is 216 Å². The van der Waals surface area contributed by atoms with E-state index in [4.69, 9.17) is 0 Å². The van der Waals surface area contributed by atoms with Crippen LogP contribution in [-0.4, -0.2) is 0 Å². The molecule has 308 valence electrons. The maximum absolute atomic E-state index is 2.59. The lowest BCUT2D eigenvalue weighted by Crippen LogP contribution is -2.31. The summed E-state index contributed by atoms with van der Waals surface area (Å²) in [6.45, 7) is 9.87. The highest BCUT2D eigenvalue weighted by Gasteiger charge is 2.49. The summed E-state index contributed by atoms with van der Waals surface area (Å²) >= 11 is 0. The van der Waals surface area contributed by atoms with E-state index in [9.17, 15) is 0 Å². The van der Waals surface area contributed by atoms with E-state index in [0.717, 1.165) is 0 Å². The fourth-order valence-electron chi connectivity index (χ4n) is 13.5. The van der Waals surface area contributed by atoms with Crippen molar-refractivity contribution in [1.82, 2.24) is 0 Å². The first-order valence-electron chi connectivity index (χ1n) is 23.6. The highest BCUT2D eigenvalue weighted by molar-refractivity contribution is 6.23. The first-order chi connectivity index (χ1) is 31.3. The fraction of sp³-hybridized carbons (Fsp3) is 0.188. The summed E-state index contributed by atoms with van der Waals surface area (Å²) in [6.07, 6.45) is 3.64. The monoisotopic (exact) mass is 820 g/mol. The van der Waals surface area contributed by atoms with Crippen LogP contribution in [0.15, 0.2) is 188 Å². The summed E-state index contributed by atoms with van der Waals surface area (Å²) in [7, 11) is 0. The van der Waals surface area contributed by atoms with Crippen molar-refractivity contribution in [3.8, 4) is 44.5 Å². The largest absolute Gasteiger partial charge is 0.0622 e. The quantitative estimate of drug-likeness (QED) is 0.155. The van der Waals surface area contributed by atoms with Crippen LogP contribution < -0.4 is 0 Å². The van der Waals surface area contributed by atoms with Gasteiger partial charge in [-0.25, -0.2) is 0 Å². The molecule has 0 aromatic heterocycles. The normalized spacial score (nSPS) is 19.2. The Hall–Kier alpha value is -6.76. The lowest BCUT2D eigenvalue weighted by molar-refractivity contribution is 0.214. The van der Waals surface area contributed by atoms with Gasteiger partial charge >= 0.3 is 0 Å². The molecular weight excluding hydrogens is 769 g/mol. The van der Waals surface area contributed by atoms with E-state index in [1.165, 1.54) is 118 Å². The Labute approximate surface area is 377 Å². The van der Waals surface area contributed by atoms with Gasteiger partial charge in [0.25, 0.3) is 0 Å². The van der Waals surface area contributed by atoms with Crippen LogP contribution in [0.4, 0.5) is 0 Å². The fourth-order valence-corrected chi connectivity index (χ4v) is 13.5. The van der Waals surface area contributed by atoms with Gasteiger partial charge in [0.05, 0.1) is 0 Å². The van der Waals surface area contributed by atoms with Crippen LogP contribution in [0.1, 0.15) is 86.6 Å². The van der Waals surface area contributed by atoms with Crippen molar-refractivity contribution >= 4 is 43.1 Å². The van der Waals surface area contributed by atoms with E-state index in [1.807, 2.05) is 0 Å². The third-order valence-electron chi connectivity index (χ3n) is 16.5. The van der Waals surface area contributed by atoms with Gasteiger partial charge in [-0.3, -0.25) is 0 Å². The van der Waals surface area contributed by atoms with Crippen molar-refractivity contribution < 1.29 is 0 Å². The Morgan fingerprint density at radius 2 is 0.875 bits per heavy atom. The molecule has 0 heteroatoms. The van der Waals surface area contributed by atoms with Gasteiger partial charge in [-0.2, -0.15) is 0 Å². The molecule has 0 saturated heterocycles. The molecule has 0 heterocycles. The Bertz CT molecular complexity index is 3490. The van der Waals surface area contributed by atoms with Crippen LogP contribution in [0.2, 0.25) is 0 Å². The average Bonchev–Trinajstić information content (AvgIpc) is 3.71. The third-order valence-corrected chi connectivity index (χ3v) is 16.5. The number of benzene rings is 10. The second kappa shape index (κ2) is 13.9. The van der Waals surface area contributed by atoms with Crippen molar-refractivity contribution in [2.75, 3.05) is 0 Å². The molecule has 3 aliphatic carbocycles.